The number of hydrogen-bond donors (Lipinski definition) is 0. The number of anilines is 1. The lowest BCUT2D eigenvalue weighted by Crippen LogP contribution is -2.40. The van der Waals surface area contributed by atoms with Crippen LogP contribution in [0.15, 0.2) is 12.3 Å². The molecule has 0 aliphatic heterocycles. The molecule has 1 heterocycles. The van der Waals surface area contributed by atoms with E-state index >= 15 is 0 Å². The fraction of sp³-hybridized carbons (Fsp3) is 0.583. The fourth-order valence-electron chi connectivity index (χ4n) is 1.44. The molecule has 86 valence electrons. The molecule has 0 aliphatic carbocycles. The van der Waals surface area contributed by atoms with Gasteiger partial charge < -0.3 is 4.90 Å². The zero-order valence-electron chi connectivity index (χ0n) is 10.5. The molecule has 1 atom stereocenters. The second-order valence-corrected chi connectivity index (χ2v) is 5.03. The zero-order chi connectivity index (χ0) is 12.3. The van der Waals surface area contributed by atoms with Crippen molar-refractivity contribution < 1.29 is 0 Å². The molecule has 1 aromatic heterocycles. The van der Waals surface area contributed by atoms with Gasteiger partial charge in [0.05, 0.1) is 11.8 Å². The van der Waals surface area contributed by atoms with Crippen LogP contribution in [-0.2, 0) is 0 Å². The van der Waals surface area contributed by atoms with Gasteiger partial charge in [0.1, 0.15) is 6.07 Å². The normalized spacial score (nSPS) is 13.0. The average molecular weight is 218 g/mol. The maximum absolute atomic E-state index is 9.01. The van der Waals surface area contributed by atoms with Gasteiger partial charge in [-0.1, -0.05) is 20.8 Å². The number of nitriles is 1. The maximum Gasteiger partial charge on any atom is 0.169 e. The largest absolute Gasteiger partial charge is 0.354 e. The maximum atomic E-state index is 9.01. The van der Waals surface area contributed by atoms with E-state index in [0.717, 1.165) is 0 Å². The molecule has 0 fully saturated rings. The predicted octanol–water partition coefficient (Wildman–Crippen LogP) is 2.22. The lowest BCUT2D eigenvalue weighted by atomic mass is 9.87. The summed E-state index contributed by atoms with van der Waals surface area (Å²) in [6.07, 6.45) is 1.54. The van der Waals surface area contributed by atoms with E-state index in [4.69, 9.17) is 5.26 Å². The van der Waals surface area contributed by atoms with E-state index in [2.05, 4.69) is 44.0 Å². The Morgan fingerprint density at radius 1 is 1.44 bits per heavy atom. The van der Waals surface area contributed by atoms with Gasteiger partial charge in [-0.3, -0.25) is 0 Å². The molecule has 16 heavy (non-hydrogen) atoms. The minimum atomic E-state index is 0.124. The molecule has 0 N–H and O–H groups in total. The van der Waals surface area contributed by atoms with Crippen LogP contribution in [0, 0.1) is 16.7 Å². The van der Waals surface area contributed by atoms with Gasteiger partial charge in [0, 0.05) is 13.1 Å². The molecule has 0 aliphatic rings. The summed E-state index contributed by atoms with van der Waals surface area (Å²) in [7, 11) is 1.95. The summed E-state index contributed by atoms with van der Waals surface area (Å²) in [4.78, 5) is 2.01. The van der Waals surface area contributed by atoms with Crippen LogP contribution in [0.2, 0.25) is 0 Å². The Balaban J connectivity index is 3.06. The Labute approximate surface area is 96.9 Å². The number of rotatable bonds is 2. The summed E-state index contributed by atoms with van der Waals surface area (Å²) in [6, 6.07) is 4.10. The summed E-state index contributed by atoms with van der Waals surface area (Å²) >= 11 is 0. The summed E-state index contributed by atoms with van der Waals surface area (Å²) in [5.41, 5.74) is 0.688. The molecule has 0 saturated carbocycles. The van der Waals surface area contributed by atoms with E-state index in [1.165, 1.54) is 6.20 Å². The second-order valence-electron chi connectivity index (χ2n) is 5.03. The zero-order valence-corrected chi connectivity index (χ0v) is 10.5. The van der Waals surface area contributed by atoms with Crippen molar-refractivity contribution in [2.75, 3.05) is 11.9 Å². The minimum absolute atomic E-state index is 0.124. The Bertz CT molecular complexity index is 400. The third-order valence-electron chi connectivity index (χ3n) is 2.99. The Morgan fingerprint density at radius 2 is 2.06 bits per heavy atom. The van der Waals surface area contributed by atoms with Crippen LogP contribution in [0.5, 0.6) is 0 Å². The van der Waals surface area contributed by atoms with Crippen LogP contribution in [0.4, 0.5) is 5.82 Å². The van der Waals surface area contributed by atoms with Gasteiger partial charge in [0.25, 0.3) is 0 Å². The van der Waals surface area contributed by atoms with Crippen LogP contribution < -0.4 is 4.90 Å². The molecule has 0 radical (unpaired) electrons. The summed E-state index contributed by atoms with van der Waals surface area (Å²) in [6.45, 7) is 8.61. The van der Waals surface area contributed by atoms with Crippen molar-refractivity contribution in [3.8, 4) is 6.07 Å². The van der Waals surface area contributed by atoms with Crippen molar-refractivity contribution in [3.63, 3.8) is 0 Å². The molecule has 0 saturated heterocycles. The van der Waals surface area contributed by atoms with Gasteiger partial charge in [-0.25, -0.2) is 0 Å². The van der Waals surface area contributed by atoms with Crippen molar-refractivity contribution in [3.05, 3.63) is 17.8 Å². The molecule has 0 aromatic carbocycles. The Morgan fingerprint density at radius 3 is 2.56 bits per heavy atom. The number of hydrogen-bond acceptors (Lipinski definition) is 4. The lowest BCUT2D eigenvalue weighted by molar-refractivity contribution is 0.328. The highest BCUT2D eigenvalue weighted by atomic mass is 15.3. The monoisotopic (exact) mass is 218 g/mol. The predicted molar refractivity (Wildman–Crippen MR) is 64.1 cm³/mol. The minimum Gasteiger partial charge on any atom is -0.354 e. The standard InChI is InChI=1S/C12H18N4/c1-9(12(2,3)4)16(5)11-10(8-13)6-7-14-15-11/h6-7,9H,1-5H3. The van der Waals surface area contributed by atoms with Crippen LogP contribution in [0.3, 0.4) is 0 Å². The van der Waals surface area contributed by atoms with E-state index in [0.29, 0.717) is 11.4 Å². The van der Waals surface area contributed by atoms with E-state index in [-0.39, 0.29) is 11.5 Å². The van der Waals surface area contributed by atoms with Gasteiger partial charge in [-0.2, -0.15) is 10.4 Å². The first-order chi connectivity index (χ1) is 7.38. The summed E-state index contributed by atoms with van der Waals surface area (Å²) < 4.78 is 0. The van der Waals surface area contributed by atoms with Gasteiger partial charge in [0.2, 0.25) is 0 Å². The smallest absolute Gasteiger partial charge is 0.169 e. The first-order valence-electron chi connectivity index (χ1n) is 5.32. The molecular formula is C12H18N4. The van der Waals surface area contributed by atoms with Gasteiger partial charge in [-0.05, 0) is 18.4 Å². The van der Waals surface area contributed by atoms with E-state index in [1.807, 2.05) is 11.9 Å². The van der Waals surface area contributed by atoms with E-state index < -0.39 is 0 Å². The van der Waals surface area contributed by atoms with Gasteiger partial charge in [-0.15, -0.1) is 5.10 Å². The topological polar surface area (TPSA) is 52.8 Å². The van der Waals surface area contributed by atoms with Crippen molar-refractivity contribution in [1.82, 2.24) is 10.2 Å². The number of aromatic nitrogens is 2. The van der Waals surface area contributed by atoms with Crippen molar-refractivity contribution in [2.45, 2.75) is 33.7 Å². The van der Waals surface area contributed by atoms with Gasteiger partial charge >= 0.3 is 0 Å². The van der Waals surface area contributed by atoms with Crippen molar-refractivity contribution in [2.24, 2.45) is 5.41 Å². The van der Waals surface area contributed by atoms with E-state index in [9.17, 15) is 0 Å². The second kappa shape index (κ2) is 4.48. The van der Waals surface area contributed by atoms with Crippen LogP contribution in [-0.4, -0.2) is 23.3 Å². The highest BCUT2D eigenvalue weighted by Crippen LogP contribution is 2.27. The lowest BCUT2D eigenvalue weighted by Gasteiger charge is -2.36. The first kappa shape index (κ1) is 12.4. The Kier molecular flexibility index (Phi) is 3.48. The number of nitrogens with zero attached hydrogens (tertiary/aromatic N) is 4. The van der Waals surface area contributed by atoms with Crippen molar-refractivity contribution in [1.29, 1.82) is 5.26 Å². The molecule has 4 heteroatoms. The highest BCUT2D eigenvalue weighted by Gasteiger charge is 2.26. The van der Waals surface area contributed by atoms with Crippen LogP contribution >= 0.6 is 0 Å². The first-order valence-corrected chi connectivity index (χ1v) is 5.32. The third kappa shape index (κ3) is 2.48. The average Bonchev–Trinajstić information content (AvgIpc) is 2.25. The van der Waals surface area contributed by atoms with Crippen LogP contribution in [0.25, 0.3) is 0 Å². The molecule has 0 spiro atoms. The van der Waals surface area contributed by atoms with Gasteiger partial charge in [0.15, 0.2) is 5.82 Å². The molecule has 0 amide bonds. The SMILES string of the molecule is CC(N(C)c1nnccc1C#N)C(C)(C)C. The fourth-order valence-corrected chi connectivity index (χ4v) is 1.44. The molecule has 4 nitrogen and oxygen atoms in total. The molecular weight excluding hydrogens is 200 g/mol. The molecule has 0 bridgehead atoms. The van der Waals surface area contributed by atoms with E-state index in [1.54, 1.807) is 6.07 Å². The molecule has 1 rings (SSSR count). The van der Waals surface area contributed by atoms with Crippen LogP contribution in [0.1, 0.15) is 33.3 Å². The summed E-state index contributed by atoms with van der Waals surface area (Å²) in [5, 5.41) is 16.9. The summed E-state index contributed by atoms with van der Waals surface area (Å²) in [5.74, 6) is 0.646. The third-order valence-corrected chi connectivity index (χ3v) is 2.99. The molecule has 1 unspecified atom stereocenters. The Hall–Kier alpha value is -1.63. The highest BCUT2D eigenvalue weighted by molar-refractivity contribution is 5.52. The molecule has 1 aromatic rings. The quantitative estimate of drug-likeness (QED) is 0.763. The van der Waals surface area contributed by atoms with Crippen molar-refractivity contribution >= 4 is 5.82 Å².